The SMILES string of the molecule is CC(CN)(NCC(C1CC1)C1CC1)C1CCOC1. The Morgan fingerprint density at radius 2 is 1.89 bits per heavy atom. The molecule has 0 spiro atoms. The number of hydrogen-bond acceptors (Lipinski definition) is 3. The average Bonchev–Trinajstić information content (AvgIpc) is 3.31. The number of nitrogens with two attached hydrogens (primary N) is 1. The second-order valence-electron chi connectivity index (χ2n) is 6.90. The molecular weight excluding hydrogens is 224 g/mol. The van der Waals surface area contributed by atoms with Crippen molar-refractivity contribution in [1.29, 1.82) is 0 Å². The Bertz CT molecular complexity index is 270. The molecule has 2 saturated carbocycles. The number of ether oxygens (including phenoxy) is 1. The van der Waals surface area contributed by atoms with Crippen molar-refractivity contribution in [3.05, 3.63) is 0 Å². The summed E-state index contributed by atoms with van der Waals surface area (Å²) < 4.78 is 5.54. The van der Waals surface area contributed by atoms with Crippen molar-refractivity contribution in [2.45, 2.75) is 44.6 Å². The molecule has 0 aromatic heterocycles. The summed E-state index contributed by atoms with van der Waals surface area (Å²) in [7, 11) is 0. The van der Waals surface area contributed by atoms with Gasteiger partial charge in [0.15, 0.2) is 0 Å². The fourth-order valence-electron chi connectivity index (χ4n) is 3.54. The molecule has 2 atom stereocenters. The first-order valence-corrected chi connectivity index (χ1v) is 7.76. The molecule has 1 aliphatic heterocycles. The highest BCUT2D eigenvalue weighted by atomic mass is 16.5. The summed E-state index contributed by atoms with van der Waals surface area (Å²) in [5.41, 5.74) is 6.12. The predicted molar refractivity (Wildman–Crippen MR) is 73.3 cm³/mol. The highest BCUT2D eigenvalue weighted by Crippen LogP contribution is 2.49. The minimum atomic E-state index is 0.0819. The van der Waals surface area contributed by atoms with E-state index in [1.165, 1.54) is 32.2 Å². The molecule has 0 aromatic rings. The third-order valence-electron chi connectivity index (χ3n) is 5.45. The molecule has 0 radical (unpaired) electrons. The van der Waals surface area contributed by atoms with E-state index in [0.717, 1.165) is 43.9 Å². The van der Waals surface area contributed by atoms with E-state index < -0.39 is 0 Å². The third-order valence-corrected chi connectivity index (χ3v) is 5.45. The van der Waals surface area contributed by atoms with Gasteiger partial charge in [-0.25, -0.2) is 0 Å². The standard InChI is InChI=1S/C15H28N2O/c1-15(10-16,13-6-7-18-9-13)17-8-14(11-2-3-11)12-4-5-12/h11-14,17H,2-10,16H2,1H3. The summed E-state index contributed by atoms with van der Waals surface area (Å²) in [5.74, 6) is 3.57. The molecule has 0 bridgehead atoms. The van der Waals surface area contributed by atoms with E-state index >= 15 is 0 Å². The van der Waals surface area contributed by atoms with Crippen LogP contribution in [0.4, 0.5) is 0 Å². The molecule has 3 fully saturated rings. The molecule has 2 unspecified atom stereocenters. The quantitative estimate of drug-likeness (QED) is 0.726. The molecule has 2 aliphatic carbocycles. The zero-order valence-electron chi connectivity index (χ0n) is 11.7. The normalized spacial score (nSPS) is 31.8. The second kappa shape index (κ2) is 5.10. The summed E-state index contributed by atoms with van der Waals surface area (Å²) in [4.78, 5) is 0. The van der Waals surface area contributed by atoms with Gasteiger partial charge in [-0.3, -0.25) is 0 Å². The van der Waals surface area contributed by atoms with Gasteiger partial charge in [-0.1, -0.05) is 0 Å². The van der Waals surface area contributed by atoms with Crippen LogP contribution in [0.1, 0.15) is 39.0 Å². The van der Waals surface area contributed by atoms with E-state index in [0.29, 0.717) is 5.92 Å². The van der Waals surface area contributed by atoms with Crippen LogP contribution in [0.15, 0.2) is 0 Å². The van der Waals surface area contributed by atoms with E-state index in [9.17, 15) is 0 Å². The summed E-state index contributed by atoms with van der Waals surface area (Å²) in [5, 5.41) is 3.83. The van der Waals surface area contributed by atoms with Gasteiger partial charge in [0.2, 0.25) is 0 Å². The van der Waals surface area contributed by atoms with Crippen molar-refractivity contribution < 1.29 is 4.74 Å². The monoisotopic (exact) mass is 252 g/mol. The molecule has 18 heavy (non-hydrogen) atoms. The maximum atomic E-state index is 6.04. The van der Waals surface area contributed by atoms with Crippen molar-refractivity contribution in [3.8, 4) is 0 Å². The molecule has 0 amide bonds. The topological polar surface area (TPSA) is 47.3 Å². The lowest BCUT2D eigenvalue weighted by molar-refractivity contribution is 0.150. The first-order chi connectivity index (χ1) is 8.73. The van der Waals surface area contributed by atoms with E-state index in [-0.39, 0.29) is 5.54 Å². The van der Waals surface area contributed by atoms with Gasteiger partial charge in [0.05, 0.1) is 6.61 Å². The molecule has 1 heterocycles. The van der Waals surface area contributed by atoms with Crippen molar-refractivity contribution in [1.82, 2.24) is 5.32 Å². The first-order valence-electron chi connectivity index (χ1n) is 7.76. The molecule has 3 nitrogen and oxygen atoms in total. The second-order valence-corrected chi connectivity index (χ2v) is 6.90. The van der Waals surface area contributed by atoms with E-state index in [1.54, 1.807) is 0 Å². The zero-order valence-corrected chi connectivity index (χ0v) is 11.7. The van der Waals surface area contributed by atoms with Crippen LogP contribution < -0.4 is 11.1 Å². The van der Waals surface area contributed by atoms with Gasteiger partial charge >= 0.3 is 0 Å². The van der Waals surface area contributed by atoms with Crippen LogP contribution in [-0.2, 0) is 4.74 Å². The Balaban J connectivity index is 1.55. The van der Waals surface area contributed by atoms with Crippen molar-refractivity contribution in [2.24, 2.45) is 29.4 Å². The summed E-state index contributed by atoms with van der Waals surface area (Å²) in [6.07, 6.45) is 7.03. The first kappa shape index (κ1) is 12.9. The van der Waals surface area contributed by atoms with Gasteiger partial charge in [-0.05, 0) is 63.3 Å². The maximum Gasteiger partial charge on any atom is 0.0513 e. The van der Waals surface area contributed by atoms with Crippen molar-refractivity contribution in [2.75, 3.05) is 26.3 Å². The Kier molecular flexibility index (Phi) is 3.65. The Morgan fingerprint density at radius 1 is 1.22 bits per heavy atom. The van der Waals surface area contributed by atoms with Crippen molar-refractivity contribution in [3.63, 3.8) is 0 Å². The van der Waals surface area contributed by atoms with E-state index in [1.807, 2.05) is 0 Å². The molecule has 3 heteroatoms. The minimum absolute atomic E-state index is 0.0819. The average molecular weight is 252 g/mol. The fraction of sp³-hybridized carbons (Fsp3) is 1.00. The van der Waals surface area contributed by atoms with E-state index in [2.05, 4.69) is 12.2 Å². The Morgan fingerprint density at radius 3 is 2.33 bits per heavy atom. The van der Waals surface area contributed by atoms with Crippen LogP contribution in [0.25, 0.3) is 0 Å². The molecule has 0 aromatic carbocycles. The highest BCUT2D eigenvalue weighted by molar-refractivity contribution is 4.97. The van der Waals surface area contributed by atoms with Crippen molar-refractivity contribution >= 4 is 0 Å². The van der Waals surface area contributed by atoms with Gasteiger partial charge in [0, 0.05) is 24.6 Å². The van der Waals surface area contributed by atoms with E-state index in [4.69, 9.17) is 10.5 Å². The molecule has 3 aliphatic rings. The number of hydrogen-bond donors (Lipinski definition) is 2. The largest absolute Gasteiger partial charge is 0.381 e. The van der Waals surface area contributed by atoms with Gasteiger partial charge in [0.1, 0.15) is 0 Å². The molecule has 3 N–H and O–H groups in total. The Labute approximate surface area is 111 Å². The maximum absolute atomic E-state index is 6.04. The van der Waals surface area contributed by atoms with Crippen LogP contribution >= 0.6 is 0 Å². The minimum Gasteiger partial charge on any atom is -0.381 e. The lowest BCUT2D eigenvalue weighted by Crippen LogP contribution is -2.56. The lowest BCUT2D eigenvalue weighted by Gasteiger charge is -2.36. The van der Waals surface area contributed by atoms with Crippen LogP contribution in [0.3, 0.4) is 0 Å². The van der Waals surface area contributed by atoms with Gasteiger partial charge < -0.3 is 15.8 Å². The van der Waals surface area contributed by atoms with Crippen LogP contribution in [-0.4, -0.2) is 31.8 Å². The Hall–Kier alpha value is -0.120. The van der Waals surface area contributed by atoms with Gasteiger partial charge in [-0.15, -0.1) is 0 Å². The lowest BCUT2D eigenvalue weighted by atomic mass is 9.84. The number of rotatable bonds is 7. The summed E-state index contributed by atoms with van der Waals surface area (Å²) in [6.45, 7) is 6.00. The van der Waals surface area contributed by atoms with Gasteiger partial charge in [-0.2, -0.15) is 0 Å². The van der Waals surface area contributed by atoms with Crippen LogP contribution in [0.5, 0.6) is 0 Å². The summed E-state index contributed by atoms with van der Waals surface area (Å²) in [6, 6.07) is 0. The third kappa shape index (κ3) is 2.73. The molecule has 104 valence electrons. The highest BCUT2D eigenvalue weighted by Gasteiger charge is 2.43. The van der Waals surface area contributed by atoms with Gasteiger partial charge in [0.25, 0.3) is 0 Å². The molecular formula is C15H28N2O. The van der Waals surface area contributed by atoms with Crippen LogP contribution in [0.2, 0.25) is 0 Å². The predicted octanol–water partition coefficient (Wildman–Crippen LogP) is 1.77. The van der Waals surface area contributed by atoms with Crippen LogP contribution in [0, 0.1) is 23.7 Å². The fourth-order valence-corrected chi connectivity index (χ4v) is 3.54. The summed E-state index contributed by atoms with van der Waals surface area (Å²) >= 11 is 0. The number of nitrogens with one attached hydrogen (secondary N) is 1. The zero-order chi connectivity index (χ0) is 12.6. The smallest absolute Gasteiger partial charge is 0.0513 e. The molecule has 3 rings (SSSR count). The molecule has 1 saturated heterocycles.